The quantitative estimate of drug-likeness (QED) is 0.795. The van der Waals surface area contributed by atoms with Crippen molar-refractivity contribution in [1.29, 1.82) is 0 Å². The number of Topliss-reactive ketones (excluding diaryl/α,β-unsaturated/α-hetero) is 1. The summed E-state index contributed by atoms with van der Waals surface area (Å²) in [7, 11) is 0. The highest BCUT2D eigenvalue weighted by atomic mass is 35.5. The molecule has 0 atom stereocenters. The first kappa shape index (κ1) is 12.1. The summed E-state index contributed by atoms with van der Waals surface area (Å²) in [4.78, 5) is 16.0. The molecule has 1 aromatic heterocycles. The highest BCUT2D eigenvalue weighted by molar-refractivity contribution is 7.15. The van der Waals surface area contributed by atoms with E-state index in [-0.39, 0.29) is 5.78 Å². The number of hydrogen-bond acceptors (Lipinski definition) is 4. The van der Waals surface area contributed by atoms with Gasteiger partial charge in [0.05, 0.1) is 4.88 Å². The maximum absolute atomic E-state index is 11.1. The summed E-state index contributed by atoms with van der Waals surface area (Å²) in [5.41, 5.74) is 0.679. The Labute approximate surface area is 108 Å². The minimum Gasteiger partial charge on any atom is -0.488 e. The molecular formula is C12H10ClNO2S. The van der Waals surface area contributed by atoms with E-state index < -0.39 is 0 Å². The first-order valence-electron chi connectivity index (χ1n) is 4.99. The van der Waals surface area contributed by atoms with Crippen LogP contribution in [0.25, 0.3) is 0 Å². The van der Waals surface area contributed by atoms with Crippen molar-refractivity contribution in [3.8, 4) is 5.75 Å². The first-order chi connectivity index (χ1) is 8.15. The normalized spacial score (nSPS) is 10.2. The summed E-state index contributed by atoms with van der Waals surface area (Å²) in [6.45, 7) is 1.97. The third kappa shape index (κ3) is 3.28. The molecule has 1 heterocycles. The minimum atomic E-state index is 0.0470. The van der Waals surface area contributed by atoms with Gasteiger partial charge in [-0.2, -0.15) is 0 Å². The number of rotatable bonds is 4. The third-order valence-corrected chi connectivity index (χ3v) is 3.26. The molecule has 1 aromatic carbocycles. The number of halogens is 1. The van der Waals surface area contributed by atoms with E-state index in [9.17, 15) is 4.79 Å². The largest absolute Gasteiger partial charge is 0.488 e. The molecular weight excluding hydrogens is 258 g/mol. The minimum absolute atomic E-state index is 0.0470. The number of thiazole rings is 1. The fraction of sp³-hybridized carbons (Fsp3) is 0.167. The Balaban J connectivity index is 1.97. The monoisotopic (exact) mass is 267 g/mol. The lowest BCUT2D eigenvalue weighted by atomic mass is 10.1. The van der Waals surface area contributed by atoms with Crippen LogP contribution in [0.2, 0.25) is 4.47 Å². The molecule has 0 unspecified atom stereocenters. The standard InChI is InChI=1S/C12H10ClNO2S/c1-8(15)9-2-4-10(5-3-9)16-7-11-6-14-12(13)17-11/h2-6H,7H2,1H3. The van der Waals surface area contributed by atoms with Crippen LogP contribution in [0.1, 0.15) is 22.2 Å². The smallest absolute Gasteiger partial charge is 0.183 e. The lowest BCUT2D eigenvalue weighted by molar-refractivity contribution is 0.101. The van der Waals surface area contributed by atoms with Crippen molar-refractivity contribution < 1.29 is 9.53 Å². The molecule has 2 aromatic rings. The maximum atomic E-state index is 11.1. The van der Waals surface area contributed by atoms with Crippen LogP contribution in [0.4, 0.5) is 0 Å². The molecule has 0 radical (unpaired) electrons. The zero-order chi connectivity index (χ0) is 12.3. The summed E-state index contributed by atoms with van der Waals surface area (Å²) >= 11 is 7.10. The lowest BCUT2D eigenvalue weighted by Gasteiger charge is -2.04. The summed E-state index contributed by atoms with van der Waals surface area (Å²) in [5.74, 6) is 0.769. The van der Waals surface area contributed by atoms with Gasteiger partial charge in [-0.1, -0.05) is 11.6 Å². The van der Waals surface area contributed by atoms with Crippen molar-refractivity contribution in [1.82, 2.24) is 4.98 Å². The van der Waals surface area contributed by atoms with E-state index in [0.717, 1.165) is 10.6 Å². The van der Waals surface area contributed by atoms with E-state index in [2.05, 4.69) is 4.98 Å². The average molecular weight is 268 g/mol. The molecule has 2 rings (SSSR count). The Morgan fingerprint density at radius 2 is 2.12 bits per heavy atom. The van der Waals surface area contributed by atoms with Crippen molar-refractivity contribution >= 4 is 28.7 Å². The molecule has 0 saturated heterocycles. The molecule has 0 fully saturated rings. The summed E-state index contributed by atoms with van der Waals surface area (Å²) in [6, 6.07) is 7.05. The molecule has 0 spiro atoms. The zero-order valence-electron chi connectivity index (χ0n) is 9.14. The predicted molar refractivity (Wildman–Crippen MR) is 67.9 cm³/mol. The van der Waals surface area contributed by atoms with Gasteiger partial charge in [0.1, 0.15) is 12.4 Å². The van der Waals surface area contributed by atoms with E-state index in [1.807, 2.05) is 0 Å². The van der Waals surface area contributed by atoms with Crippen molar-refractivity contribution in [3.63, 3.8) is 0 Å². The van der Waals surface area contributed by atoms with Crippen LogP contribution in [0.15, 0.2) is 30.5 Å². The summed E-state index contributed by atoms with van der Waals surface area (Å²) in [5, 5.41) is 0. The van der Waals surface area contributed by atoms with E-state index in [0.29, 0.717) is 16.6 Å². The Morgan fingerprint density at radius 1 is 1.41 bits per heavy atom. The van der Waals surface area contributed by atoms with Crippen molar-refractivity contribution in [2.45, 2.75) is 13.5 Å². The Bertz CT molecular complexity index is 522. The lowest BCUT2D eigenvalue weighted by Crippen LogP contribution is -1.95. The van der Waals surface area contributed by atoms with Crippen LogP contribution in [0.3, 0.4) is 0 Å². The van der Waals surface area contributed by atoms with Crippen molar-refractivity contribution in [2.24, 2.45) is 0 Å². The molecule has 0 aliphatic carbocycles. The van der Waals surface area contributed by atoms with Gasteiger partial charge in [0.15, 0.2) is 10.3 Å². The van der Waals surface area contributed by atoms with Gasteiger partial charge in [-0.05, 0) is 31.2 Å². The van der Waals surface area contributed by atoms with Crippen LogP contribution in [-0.2, 0) is 6.61 Å². The van der Waals surface area contributed by atoms with Crippen LogP contribution < -0.4 is 4.74 Å². The first-order valence-corrected chi connectivity index (χ1v) is 6.18. The van der Waals surface area contributed by atoms with E-state index in [1.54, 1.807) is 30.5 Å². The fourth-order valence-electron chi connectivity index (χ4n) is 1.29. The molecule has 88 valence electrons. The van der Waals surface area contributed by atoms with Gasteiger partial charge in [0.2, 0.25) is 0 Å². The second-order valence-electron chi connectivity index (χ2n) is 3.45. The number of aromatic nitrogens is 1. The number of carbonyl (C=O) groups excluding carboxylic acids is 1. The van der Waals surface area contributed by atoms with Gasteiger partial charge in [0.25, 0.3) is 0 Å². The van der Waals surface area contributed by atoms with Crippen LogP contribution in [-0.4, -0.2) is 10.8 Å². The van der Waals surface area contributed by atoms with Crippen molar-refractivity contribution in [3.05, 3.63) is 45.4 Å². The number of nitrogens with zero attached hydrogens (tertiary/aromatic N) is 1. The van der Waals surface area contributed by atoms with E-state index in [4.69, 9.17) is 16.3 Å². The summed E-state index contributed by atoms with van der Waals surface area (Å²) < 4.78 is 6.05. The topological polar surface area (TPSA) is 39.2 Å². The zero-order valence-corrected chi connectivity index (χ0v) is 10.7. The average Bonchev–Trinajstić information content (AvgIpc) is 2.73. The molecule has 0 saturated carbocycles. The van der Waals surface area contributed by atoms with Crippen LogP contribution >= 0.6 is 22.9 Å². The molecule has 0 aliphatic rings. The second-order valence-corrected chi connectivity index (χ2v) is 5.15. The molecule has 0 bridgehead atoms. The molecule has 0 amide bonds. The second kappa shape index (κ2) is 5.29. The van der Waals surface area contributed by atoms with E-state index >= 15 is 0 Å². The highest BCUT2D eigenvalue weighted by Crippen LogP contribution is 2.20. The molecule has 3 nitrogen and oxygen atoms in total. The number of benzene rings is 1. The number of ether oxygens (including phenoxy) is 1. The number of ketones is 1. The van der Waals surface area contributed by atoms with Gasteiger partial charge in [-0.25, -0.2) is 4.98 Å². The number of hydrogen-bond donors (Lipinski definition) is 0. The Morgan fingerprint density at radius 3 is 2.65 bits per heavy atom. The Kier molecular flexibility index (Phi) is 3.76. The summed E-state index contributed by atoms with van der Waals surface area (Å²) in [6.07, 6.45) is 1.69. The van der Waals surface area contributed by atoms with Crippen LogP contribution in [0, 0.1) is 0 Å². The van der Waals surface area contributed by atoms with Gasteiger partial charge in [-0.3, -0.25) is 4.79 Å². The Hall–Kier alpha value is -1.39. The van der Waals surface area contributed by atoms with Gasteiger partial charge >= 0.3 is 0 Å². The SMILES string of the molecule is CC(=O)c1ccc(OCc2cnc(Cl)s2)cc1. The molecule has 17 heavy (non-hydrogen) atoms. The molecule has 0 aliphatic heterocycles. The van der Waals surface area contributed by atoms with Crippen molar-refractivity contribution in [2.75, 3.05) is 0 Å². The number of carbonyl (C=O) groups is 1. The van der Waals surface area contributed by atoms with Gasteiger partial charge in [-0.15, -0.1) is 11.3 Å². The van der Waals surface area contributed by atoms with Crippen LogP contribution in [0.5, 0.6) is 5.75 Å². The maximum Gasteiger partial charge on any atom is 0.183 e. The molecule has 0 N–H and O–H groups in total. The fourth-order valence-corrected chi connectivity index (χ4v) is 2.18. The van der Waals surface area contributed by atoms with Gasteiger partial charge in [0, 0.05) is 11.8 Å². The predicted octanol–water partition coefficient (Wildman–Crippen LogP) is 3.58. The third-order valence-electron chi connectivity index (χ3n) is 2.17. The van der Waals surface area contributed by atoms with Gasteiger partial charge < -0.3 is 4.74 Å². The molecule has 5 heteroatoms. The highest BCUT2D eigenvalue weighted by Gasteiger charge is 2.02. The van der Waals surface area contributed by atoms with E-state index in [1.165, 1.54) is 18.3 Å².